The zero-order valence-corrected chi connectivity index (χ0v) is 14.4. The first-order valence-corrected chi connectivity index (χ1v) is 7.49. The van der Waals surface area contributed by atoms with E-state index in [0.717, 1.165) is 23.5 Å². The molecule has 3 heteroatoms. The lowest BCUT2D eigenvalue weighted by atomic mass is 10.1. The quantitative estimate of drug-likeness (QED) is 0.752. The van der Waals surface area contributed by atoms with Crippen molar-refractivity contribution in [2.24, 2.45) is 4.99 Å². The standard InChI is InChI=1S/C16H22N2O.C2H6/c1-6-17-16(11-12(2)3)14-7-9-15(10-8-14)18(5)13(4)19;1-2/h7-11H,6H2,1-5H3;1-2H3. The van der Waals surface area contributed by atoms with Crippen molar-refractivity contribution in [1.29, 1.82) is 0 Å². The van der Waals surface area contributed by atoms with Crippen molar-refractivity contribution in [1.82, 2.24) is 0 Å². The minimum absolute atomic E-state index is 0.0273. The van der Waals surface area contributed by atoms with Gasteiger partial charge in [0.25, 0.3) is 0 Å². The molecule has 1 aromatic rings. The van der Waals surface area contributed by atoms with Gasteiger partial charge in [-0.3, -0.25) is 9.79 Å². The van der Waals surface area contributed by atoms with Crippen LogP contribution in [0, 0.1) is 0 Å². The van der Waals surface area contributed by atoms with E-state index in [1.165, 1.54) is 5.57 Å². The molecule has 0 heterocycles. The number of nitrogens with zero attached hydrogens (tertiary/aromatic N) is 2. The molecule has 0 atom stereocenters. The smallest absolute Gasteiger partial charge is 0.223 e. The fourth-order valence-corrected chi connectivity index (χ4v) is 1.70. The Hall–Kier alpha value is -1.90. The highest BCUT2D eigenvalue weighted by Gasteiger charge is 2.06. The Bertz CT molecular complexity index is 494. The molecule has 0 fully saturated rings. The summed E-state index contributed by atoms with van der Waals surface area (Å²) < 4.78 is 0. The number of carbonyl (C=O) groups is 1. The molecular weight excluding hydrogens is 260 g/mol. The Morgan fingerprint density at radius 2 is 1.67 bits per heavy atom. The van der Waals surface area contributed by atoms with E-state index in [2.05, 4.69) is 24.9 Å². The van der Waals surface area contributed by atoms with E-state index in [-0.39, 0.29) is 5.91 Å². The van der Waals surface area contributed by atoms with Crippen LogP contribution in [0.3, 0.4) is 0 Å². The Kier molecular flexibility index (Phi) is 9.02. The summed E-state index contributed by atoms with van der Waals surface area (Å²) in [5, 5.41) is 0. The lowest BCUT2D eigenvalue weighted by Gasteiger charge is -2.15. The van der Waals surface area contributed by atoms with Crippen LogP contribution in [-0.2, 0) is 4.79 Å². The van der Waals surface area contributed by atoms with Gasteiger partial charge in [-0.15, -0.1) is 0 Å². The number of anilines is 1. The molecule has 0 aliphatic rings. The van der Waals surface area contributed by atoms with Crippen LogP contribution in [0.25, 0.3) is 0 Å². The van der Waals surface area contributed by atoms with E-state index in [9.17, 15) is 4.79 Å². The zero-order chi connectivity index (χ0) is 16.4. The zero-order valence-electron chi connectivity index (χ0n) is 14.4. The first-order chi connectivity index (χ1) is 9.95. The lowest BCUT2D eigenvalue weighted by molar-refractivity contribution is -0.116. The highest BCUT2D eigenvalue weighted by Crippen LogP contribution is 2.15. The van der Waals surface area contributed by atoms with Gasteiger partial charge in [0.2, 0.25) is 5.91 Å². The van der Waals surface area contributed by atoms with Crippen LogP contribution >= 0.6 is 0 Å². The fraction of sp³-hybridized carbons (Fsp3) is 0.444. The molecule has 1 aromatic carbocycles. The van der Waals surface area contributed by atoms with Crippen molar-refractivity contribution in [2.45, 2.75) is 41.5 Å². The van der Waals surface area contributed by atoms with Gasteiger partial charge in [-0.25, -0.2) is 0 Å². The first kappa shape index (κ1) is 19.1. The number of rotatable bonds is 4. The third kappa shape index (κ3) is 6.39. The van der Waals surface area contributed by atoms with Gasteiger partial charge in [-0.05, 0) is 44.5 Å². The van der Waals surface area contributed by atoms with Crippen LogP contribution in [0.4, 0.5) is 5.69 Å². The van der Waals surface area contributed by atoms with Gasteiger partial charge in [0.15, 0.2) is 0 Å². The monoisotopic (exact) mass is 288 g/mol. The highest BCUT2D eigenvalue weighted by molar-refractivity contribution is 6.09. The van der Waals surface area contributed by atoms with Crippen molar-refractivity contribution in [2.75, 3.05) is 18.5 Å². The predicted molar refractivity (Wildman–Crippen MR) is 93.4 cm³/mol. The maximum Gasteiger partial charge on any atom is 0.223 e. The van der Waals surface area contributed by atoms with Crippen LogP contribution in [0.1, 0.15) is 47.1 Å². The number of hydrogen-bond acceptors (Lipinski definition) is 2. The molecule has 0 aromatic heterocycles. The van der Waals surface area contributed by atoms with Crippen molar-refractivity contribution >= 4 is 17.3 Å². The molecule has 116 valence electrons. The predicted octanol–water partition coefficient (Wildman–Crippen LogP) is 4.47. The molecule has 0 spiro atoms. The molecule has 0 radical (unpaired) electrons. The number of benzene rings is 1. The molecule has 21 heavy (non-hydrogen) atoms. The second-order valence-electron chi connectivity index (χ2n) is 4.71. The molecule has 1 rings (SSSR count). The number of amides is 1. The normalized spacial score (nSPS) is 10.3. The Labute approximate surface area is 129 Å². The van der Waals surface area contributed by atoms with Crippen molar-refractivity contribution in [3.63, 3.8) is 0 Å². The van der Waals surface area contributed by atoms with Crippen LogP contribution in [0.2, 0.25) is 0 Å². The summed E-state index contributed by atoms with van der Waals surface area (Å²) in [6.45, 7) is 12.5. The Balaban J connectivity index is 0.00000191. The average Bonchev–Trinajstić information content (AvgIpc) is 2.48. The highest BCUT2D eigenvalue weighted by atomic mass is 16.2. The van der Waals surface area contributed by atoms with Gasteiger partial charge in [0.1, 0.15) is 0 Å². The number of hydrogen-bond donors (Lipinski definition) is 0. The molecule has 0 saturated heterocycles. The van der Waals surface area contributed by atoms with E-state index in [1.54, 1.807) is 18.9 Å². The van der Waals surface area contributed by atoms with Crippen molar-refractivity contribution in [3.05, 3.63) is 41.5 Å². The summed E-state index contributed by atoms with van der Waals surface area (Å²) in [5.41, 5.74) is 4.17. The number of allylic oxidation sites excluding steroid dienone is 2. The van der Waals surface area contributed by atoms with Gasteiger partial charge in [-0.2, -0.15) is 0 Å². The molecule has 0 aliphatic heterocycles. The van der Waals surface area contributed by atoms with Gasteiger partial charge in [0, 0.05) is 26.2 Å². The van der Waals surface area contributed by atoms with Crippen LogP contribution in [0.15, 0.2) is 40.9 Å². The van der Waals surface area contributed by atoms with Crippen molar-refractivity contribution in [3.8, 4) is 0 Å². The summed E-state index contributed by atoms with van der Waals surface area (Å²) in [6, 6.07) is 7.90. The largest absolute Gasteiger partial charge is 0.316 e. The van der Waals surface area contributed by atoms with Crippen LogP contribution < -0.4 is 4.90 Å². The van der Waals surface area contributed by atoms with Crippen LogP contribution in [-0.4, -0.2) is 25.2 Å². The molecule has 0 aliphatic carbocycles. The van der Waals surface area contributed by atoms with Gasteiger partial charge < -0.3 is 4.90 Å². The lowest BCUT2D eigenvalue weighted by Crippen LogP contribution is -2.22. The summed E-state index contributed by atoms with van der Waals surface area (Å²) in [5.74, 6) is 0.0273. The first-order valence-electron chi connectivity index (χ1n) is 7.49. The summed E-state index contributed by atoms with van der Waals surface area (Å²) in [6.07, 6.45) is 2.08. The summed E-state index contributed by atoms with van der Waals surface area (Å²) >= 11 is 0. The molecule has 1 amide bonds. The molecule has 0 N–H and O–H groups in total. The van der Waals surface area contributed by atoms with Gasteiger partial charge in [0.05, 0.1) is 5.71 Å². The Morgan fingerprint density at radius 1 is 1.14 bits per heavy atom. The fourth-order valence-electron chi connectivity index (χ4n) is 1.70. The minimum Gasteiger partial charge on any atom is -0.316 e. The summed E-state index contributed by atoms with van der Waals surface area (Å²) in [7, 11) is 1.77. The topological polar surface area (TPSA) is 32.7 Å². The molecule has 3 nitrogen and oxygen atoms in total. The van der Waals surface area contributed by atoms with Crippen LogP contribution in [0.5, 0.6) is 0 Å². The number of carbonyl (C=O) groups excluding carboxylic acids is 1. The van der Waals surface area contributed by atoms with E-state index in [4.69, 9.17) is 0 Å². The van der Waals surface area contributed by atoms with Gasteiger partial charge in [-0.1, -0.05) is 31.6 Å². The summed E-state index contributed by atoms with van der Waals surface area (Å²) in [4.78, 5) is 17.4. The third-order valence-electron chi connectivity index (χ3n) is 2.78. The van der Waals surface area contributed by atoms with E-state index >= 15 is 0 Å². The maximum absolute atomic E-state index is 11.3. The SMILES string of the molecule is CC.CCN=C(C=C(C)C)c1ccc(N(C)C(C)=O)cc1. The molecule has 0 saturated carbocycles. The Morgan fingerprint density at radius 3 is 2.05 bits per heavy atom. The second-order valence-corrected chi connectivity index (χ2v) is 4.71. The second kappa shape index (κ2) is 9.92. The average molecular weight is 288 g/mol. The minimum atomic E-state index is 0.0273. The van der Waals surface area contributed by atoms with E-state index in [1.807, 2.05) is 45.0 Å². The molecular formula is C18H28N2O. The maximum atomic E-state index is 11.3. The molecule has 0 unspecified atom stereocenters. The third-order valence-corrected chi connectivity index (χ3v) is 2.78. The van der Waals surface area contributed by atoms with Gasteiger partial charge >= 0.3 is 0 Å². The number of aliphatic imine (C=N–C) groups is 1. The van der Waals surface area contributed by atoms with E-state index in [0.29, 0.717) is 0 Å². The van der Waals surface area contributed by atoms with E-state index < -0.39 is 0 Å². The van der Waals surface area contributed by atoms with Crippen molar-refractivity contribution < 1.29 is 4.79 Å². The molecule has 0 bridgehead atoms.